The zero-order valence-corrected chi connectivity index (χ0v) is 27.6. The number of rotatable bonds is 12. The molecule has 10 heteroatoms. The van der Waals surface area contributed by atoms with Crippen molar-refractivity contribution in [3.8, 4) is 5.75 Å². The lowest BCUT2D eigenvalue weighted by Gasteiger charge is -2.35. The highest BCUT2D eigenvalue weighted by Gasteiger charge is 2.35. The number of halogens is 1. The molecule has 0 heterocycles. The number of sulfonamides is 1. The third-order valence-electron chi connectivity index (χ3n) is 7.26. The van der Waals surface area contributed by atoms with E-state index in [-0.39, 0.29) is 29.5 Å². The average molecular weight is 646 g/mol. The molecule has 4 rings (SSSR count). The number of aryl methyl sites for hydroxylation is 1. The van der Waals surface area contributed by atoms with Gasteiger partial charge in [0.15, 0.2) is 0 Å². The van der Waals surface area contributed by atoms with E-state index in [1.54, 1.807) is 42.5 Å². The Balaban J connectivity index is 1.82. The number of anilines is 1. The summed E-state index contributed by atoms with van der Waals surface area (Å²) in [5.41, 5.74) is 2.07. The predicted octanol–water partition coefficient (Wildman–Crippen LogP) is 5.89. The molecule has 0 fully saturated rings. The van der Waals surface area contributed by atoms with Crippen LogP contribution >= 0.6 is 0 Å². The van der Waals surface area contributed by atoms with E-state index >= 15 is 0 Å². The van der Waals surface area contributed by atoms with Crippen molar-refractivity contribution < 1.29 is 27.1 Å². The van der Waals surface area contributed by atoms with Crippen LogP contribution in [0.5, 0.6) is 5.75 Å². The molecule has 4 aromatic rings. The Bertz CT molecular complexity index is 1740. The highest BCUT2D eigenvalue weighted by Crippen LogP contribution is 2.26. The van der Waals surface area contributed by atoms with E-state index < -0.39 is 39.9 Å². The van der Waals surface area contributed by atoms with Crippen molar-refractivity contribution in [2.75, 3.05) is 18.0 Å². The SMILES string of the molecule is COc1cccc(CN(C(=O)CN(c2ccc(C)cc2)S(=O)(=O)c2ccc(F)cc2)[C@@H](Cc2ccccc2)C(=O)NC(C)(C)C)c1. The van der Waals surface area contributed by atoms with Gasteiger partial charge in [0.2, 0.25) is 11.8 Å². The van der Waals surface area contributed by atoms with Gasteiger partial charge in [-0.15, -0.1) is 0 Å². The van der Waals surface area contributed by atoms with E-state index in [2.05, 4.69) is 5.32 Å². The normalized spacial score (nSPS) is 12.2. The van der Waals surface area contributed by atoms with Gasteiger partial charge >= 0.3 is 0 Å². The van der Waals surface area contributed by atoms with Crippen molar-refractivity contribution in [1.29, 1.82) is 0 Å². The maximum absolute atomic E-state index is 14.5. The first-order valence-corrected chi connectivity index (χ1v) is 16.3. The lowest BCUT2D eigenvalue weighted by atomic mass is 10.0. The lowest BCUT2D eigenvalue weighted by Crippen LogP contribution is -2.56. The van der Waals surface area contributed by atoms with Crippen LogP contribution in [0.2, 0.25) is 0 Å². The minimum Gasteiger partial charge on any atom is -0.497 e. The fraction of sp³-hybridized carbons (Fsp3) is 0.278. The second-order valence-electron chi connectivity index (χ2n) is 12.1. The molecular weight excluding hydrogens is 605 g/mol. The molecule has 0 aliphatic rings. The third-order valence-corrected chi connectivity index (χ3v) is 9.05. The Labute approximate surface area is 270 Å². The van der Waals surface area contributed by atoms with Crippen LogP contribution in [-0.2, 0) is 32.6 Å². The van der Waals surface area contributed by atoms with E-state index in [4.69, 9.17) is 4.74 Å². The Morgan fingerprint density at radius 1 is 0.870 bits per heavy atom. The minimum absolute atomic E-state index is 0.00340. The van der Waals surface area contributed by atoms with Crippen molar-refractivity contribution in [2.24, 2.45) is 0 Å². The third kappa shape index (κ3) is 8.94. The Morgan fingerprint density at radius 3 is 2.11 bits per heavy atom. The second kappa shape index (κ2) is 14.6. The zero-order chi connectivity index (χ0) is 33.5. The number of amides is 2. The van der Waals surface area contributed by atoms with Crippen LogP contribution in [0.3, 0.4) is 0 Å². The molecule has 4 aromatic carbocycles. The highest BCUT2D eigenvalue weighted by molar-refractivity contribution is 7.92. The van der Waals surface area contributed by atoms with Gasteiger partial charge in [0.1, 0.15) is 24.2 Å². The van der Waals surface area contributed by atoms with Gasteiger partial charge in [-0.25, -0.2) is 12.8 Å². The van der Waals surface area contributed by atoms with E-state index in [9.17, 15) is 22.4 Å². The summed E-state index contributed by atoms with van der Waals surface area (Å²) in [6.45, 7) is 6.82. The van der Waals surface area contributed by atoms with Crippen molar-refractivity contribution in [2.45, 2.75) is 57.1 Å². The maximum Gasteiger partial charge on any atom is 0.264 e. The van der Waals surface area contributed by atoms with E-state index in [0.29, 0.717) is 11.3 Å². The van der Waals surface area contributed by atoms with Crippen LogP contribution in [0.1, 0.15) is 37.5 Å². The van der Waals surface area contributed by atoms with E-state index in [0.717, 1.165) is 27.6 Å². The number of hydrogen-bond acceptors (Lipinski definition) is 5. The Morgan fingerprint density at radius 2 is 1.50 bits per heavy atom. The minimum atomic E-state index is -4.33. The number of nitrogens with zero attached hydrogens (tertiary/aromatic N) is 2. The fourth-order valence-electron chi connectivity index (χ4n) is 4.95. The molecule has 0 unspecified atom stereocenters. The molecule has 0 aromatic heterocycles. The van der Waals surface area contributed by atoms with Gasteiger partial charge in [0.25, 0.3) is 10.0 Å². The quantitative estimate of drug-likeness (QED) is 0.207. The molecule has 0 saturated heterocycles. The number of methoxy groups -OCH3 is 1. The first kappa shape index (κ1) is 34.2. The van der Waals surface area contributed by atoms with E-state index in [1.807, 2.05) is 64.1 Å². The van der Waals surface area contributed by atoms with Crippen LogP contribution in [0.25, 0.3) is 0 Å². The van der Waals surface area contributed by atoms with Gasteiger partial charge in [-0.05, 0) is 87.4 Å². The van der Waals surface area contributed by atoms with Crippen LogP contribution in [0, 0.1) is 12.7 Å². The fourth-order valence-corrected chi connectivity index (χ4v) is 6.36. The van der Waals surface area contributed by atoms with Gasteiger partial charge in [-0.1, -0.05) is 60.2 Å². The molecular formula is C36H40FN3O5S. The van der Waals surface area contributed by atoms with E-state index in [1.165, 1.54) is 24.1 Å². The molecule has 0 saturated carbocycles. The van der Waals surface area contributed by atoms with Gasteiger partial charge in [-0.2, -0.15) is 0 Å². The number of carbonyl (C=O) groups excluding carboxylic acids is 2. The smallest absolute Gasteiger partial charge is 0.264 e. The van der Waals surface area contributed by atoms with Crippen molar-refractivity contribution >= 4 is 27.5 Å². The van der Waals surface area contributed by atoms with Crippen LogP contribution in [0.4, 0.5) is 10.1 Å². The zero-order valence-electron chi connectivity index (χ0n) is 26.7. The highest BCUT2D eigenvalue weighted by atomic mass is 32.2. The number of benzene rings is 4. The van der Waals surface area contributed by atoms with Gasteiger partial charge in [0.05, 0.1) is 17.7 Å². The lowest BCUT2D eigenvalue weighted by molar-refractivity contribution is -0.140. The largest absolute Gasteiger partial charge is 0.497 e. The Kier molecular flexibility index (Phi) is 10.8. The summed E-state index contributed by atoms with van der Waals surface area (Å²) in [5, 5.41) is 3.01. The molecule has 2 amide bonds. The summed E-state index contributed by atoms with van der Waals surface area (Å²) in [6.07, 6.45) is 0.188. The molecule has 46 heavy (non-hydrogen) atoms. The standard InChI is InChI=1S/C36H40FN3O5S/c1-26-14-18-30(19-15-26)40(46(43,44)32-20-16-29(37)17-21-32)25-34(41)39(24-28-12-9-13-31(22-28)45-5)33(35(42)38-36(2,3)4)23-27-10-7-6-8-11-27/h6-22,33H,23-25H2,1-5H3,(H,38,42)/t33-/m0/s1. The molecule has 0 aliphatic heterocycles. The summed E-state index contributed by atoms with van der Waals surface area (Å²) in [5.74, 6) is -0.992. The molecule has 0 spiro atoms. The van der Waals surface area contributed by atoms with Crippen LogP contribution < -0.4 is 14.4 Å². The summed E-state index contributed by atoms with van der Waals surface area (Å²) in [6, 6.07) is 26.7. The molecule has 0 bridgehead atoms. The number of ether oxygens (including phenoxy) is 1. The van der Waals surface area contributed by atoms with Crippen LogP contribution in [0.15, 0.2) is 108 Å². The summed E-state index contributed by atoms with van der Waals surface area (Å²) < 4.78 is 48.3. The Hall–Kier alpha value is -4.70. The molecule has 0 aliphatic carbocycles. The number of carbonyl (C=O) groups is 2. The maximum atomic E-state index is 14.5. The summed E-state index contributed by atoms with van der Waals surface area (Å²) >= 11 is 0. The van der Waals surface area contributed by atoms with Crippen molar-refractivity contribution in [1.82, 2.24) is 10.2 Å². The van der Waals surface area contributed by atoms with Crippen molar-refractivity contribution in [3.05, 3.63) is 126 Å². The van der Waals surface area contributed by atoms with Gasteiger partial charge in [-0.3, -0.25) is 13.9 Å². The average Bonchev–Trinajstić information content (AvgIpc) is 3.02. The topological polar surface area (TPSA) is 96.0 Å². The van der Waals surface area contributed by atoms with Gasteiger partial charge in [0, 0.05) is 18.5 Å². The molecule has 242 valence electrons. The summed E-state index contributed by atoms with van der Waals surface area (Å²) in [7, 11) is -2.79. The number of nitrogens with one attached hydrogen (secondary N) is 1. The molecule has 8 nitrogen and oxygen atoms in total. The molecule has 1 N–H and O–H groups in total. The predicted molar refractivity (Wildman–Crippen MR) is 177 cm³/mol. The monoisotopic (exact) mass is 645 g/mol. The first-order valence-electron chi connectivity index (χ1n) is 14.9. The van der Waals surface area contributed by atoms with Crippen LogP contribution in [-0.4, -0.2) is 50.4 Å². The van der Waals surface area contributed by atoms with Gasteiger partial charge < -0.3 is 15.0 Å². The molecule has 1 atom stereocenters. The molecule has 0 radical (unpaired) electrons. The number of hydrogen-bond donors (Lipinski definition) is 1. The van der Waals surface area contributed by atoms with Crippen molar-refractivity contribution in [3.63, 3.8) is 0 Å². The first-order chi connectivity index (χ1) is 21.8. The second-order valence-corrected chi connectivity index (χ2v) is 14.0. The summed E-state index contributed by atoms with van der Waals surface area (Å²) in [4.78, 5) is 29.8.